The van der Waals surface area contributed by atoms with Crippen LogP contribution in [0.3, 0.4) is 0 Å². The Balaban J connectivity index is 1.62. The van der Waals surface area contributed by atoms with Crippen LogP contribution >= 0.6 is 11.8 Å². The first-order chi connectivity index (χ1) is 14.5. The van der Waals surface area contributed by atoms with Crippen LogP contribution in [0.4, 0.5) is 9.18 Å². The van der Waals surface area contributed by atoms with Crippen LogP contribution in [0, 0.1) is 5.82 Å². The normalized spacial score (nSPS) is 16.4. The van der Waals surface area contributed by atoms with Crippen molar-refractivity contribution in [2.24, 2.45) is 0 Å². The van der Waals surface area contributed by atoms with Crippen molar-refractivity contribution in [2.75, 3.05) is 14.2 Å². The van der Waals surface area contributed by atoms with Crippen LogP contribution < -0.4 is 9.47 Å². The summed E-state index contributed by atoms with van der Waals surface area (Å²) < 4.78 is 24.0. The topological polar surface area (TPSA) is 55.8 Å². The van der Waals surface area contributed by atoms with Gasteiger partial charge in [0.1, 0.15) is 17.3 Å². The summed E-state index contributed by atoms with van der Waals surface area (Å²) in [4.78, 5) is 26.7. The highest BCUT2D eigenvalue weighted by atomic mass is 32.2. The van der Waals surface area contributed by atoms with Crippen LogP contribution in [0.1, 0.15) is 11.1 Å². The molecule has 30 heavy (non-hydrogen) atoms. The molecule has 2 amide bonds. The number of carbonyl (C=O) groups is 2. The summed E-state index contributed by atoms with van der Waals surface area (Å²) in [7, 11) is 3.18. The van der Waals surface area contributed by atoms with Crippen LogP contribution in [0.15, 0.2) is 54.6 Å². The Morgan fingerprint density at radius 1 is 1.00 bits per heavy atom. The van der Waals surface area contributed by atoms with Crippen molar-refractivity contribution in [3.8, 4) is 11.5 Å². The molecule has 4 rings (SSSR count). The maximum Gasteiger partial charge on any atom is 0.289 e. The third-order valence-electron chi connectivity index (χ3n) is 5.17. The molecule has 7 heteroatoms. The summed E-state index contributed by atoms with van der Waals surface area (Å²) in [5.74, 6) is 0.754. The molecule has 1 saturated heterocycles. The predicted octanol–water partition coefficient (Wildman–Crippen LogP) is 4.80. The lowest BCUT2D eigenvalue weighted by molar-refractivity contribution is -0.127. The zero-order valence-corrected chi connectivity index (χ0v) is 17.4. The molecule has 1 heterocycles. The Bertz CT molecular complexity index is 1110. The number of hydrogen-bond donors (Lipinski definition) is 0. The maximum atomic E-state index is 13.1. The van der Waals surface area contributed by atoms with E-state index in [2.05, 4.69) is 0 Å². The summed E-state index contributed by atoms with van der Waals surface area (Å²) in [6.45, 7) is 0.127. The summed E-state index contributed by atoms with van der Waals surface area (Å²) in [6.07, 6.45) is 0.350. The minimum absolute atomic E-state index is 0.127. The first kappa shape index (κ1) is 20.2. The van der Waals surface area contributed by atoms with E-state index in [-0.39, 0.29) is 23.5 Å². The second-order valence-electron chi connectivity index (χ2n) is 6.96. The van der Waals surface area contributed by atoms with Crippen LogP contribution in [0.2, 0.25) is 0 Å². The van der Waals surface area contributed by atoms with Crippen LogP contribution in [0.25, 0.3) is 10.8 Å². The smallest absolute Gasteiger partial charge is 0.289 e. The minimum atomic E-state index is -0.552. The fourth-order valence-electron chi connectivity index (χ4n) is 3.60. The number of carbonyl (C=O) groups excluding carboxylic acids is 2. The Kier molecular flexibility index (Phi) is 5.63. The molecule has 0 radical (unpaired) electrons. The second kappa shape index (κ2) is 8.36. The number of methoxy groups -OCH3 is 2. The molecular weight excluding hydrogens is 405 g/mol. The summed E-state index contributed by atoms with van der Waals surface area (Å²) >= 11 is 1.01. The summed E-state index contributed by atoms with van der Waals surface area (Å²) in [5, 5.41) is 1.07. The molecule has 1 atom stereocenters. The zero-order valence-electron chi connectivity index (χ0n) is 16.6. The quantitative estimate of drug-likeness (QED) is 0.568. The summed E-state index contributed by atoms with van der Waals surface area (Å²) in [6, 6.07) is 15.4. The van der Waals surface area contributed by atoms with Crippen molar-refractivity contribution in [1.82, 2.24) is 4.90 Å². The van der Waals surface area contributed by atoms with Gasteiger partial charge in [0.2, 0.25) is 5.91 Å². The van der Waals surface area contributed by atoms with Gasteiger partial charge in [-0.3, -0.25) is 14.5 Å². The van der Waals surface area contributed by atoms with Gasteiger partial charge in [0.05, 0.1) is 26.0 Å². The Morgan fingerprint density at radius 3 is 2.43 bits per heavy atom. The Labute approximate surface area is 177 Å². The van der Waals surface area contributed by atoms with Crippen LogP contribution in [-0.2, 0) is 17.8 Å². The fraction of sp³-hybridized carbons (Fsp3) is 0.217. The lowest BCUT2D eigenvalue weighted by atomic mass is 9.98. The molecule has 0 aliphatic carbocycles. The van der Waals surface area contributed by atoms with Gasteiger partial charge in [-0.15, -0.1) is 0 Å². The van der Waals surface area contributed by atoms with Crippen molar-refractivity contribution < 1.29 is 23.5 Å². The van der Waals surface area contributed by atoms with E-state index in [1.165, 1.54) is 17.0 Å². The lowest BCUT2D eigenvalue weighted by Crippen LogP contribution is -2.31. The molecular formula is C23H20FNO4S. The van der Waals surface area contributed by atoms with Crippen molar-refractivity contribution in [1.29, 1.82) is 0 Å². The number of benzene rings is 3. The molecule has 1 aliphatic heterocycles. The highest BCUT2D eigenvalue weighted by Crippen LogP contribution is 2.37. The largest absolute Gasteiger partial charge is 0.497 e. The van der Waals surface area contributed by atoms with Gasteiger partial charge >= 0.3 is 0 Å². The highest BCUT2D eigenvalue weighted by Gasteiger charge is 2.40. The average molecular weight is 425 g/mol. The number of amides is 2. The van der Waals surface area contributed by atoms with Gasteiger partial charge in [0.25, 0.3) is 5.24 Å². The first-order valence-corrected chi connectivity index (χ1v) is 10.3. The van der Waals surface area contributed by atoms with Gasteiger partial charge in [-0.1, -0.05) is 36.0 Å². The van der Waals surface area contributed by atoms with Gasteiger partial charge in [-0.25, -0.2) is 4.39 Å². The van der Waals surface area contributed by atoms with Gasteiger partial charge in [-0.05, 0) is 53.1 Å². The average Bonchev–Trinajstić information content (AvgIpc) is 3.02. The SMILES string of the molecule is COc1ccc2ccc(OC)c(C[C@@H]3SC(=O)N(Cc4ccc(F)cc4)C3=O)c2c1. The molecule has 154 valence electrons. The number of halogens is 1. The van der Waals surface area contributed by atoms with Gasteiger partial charge in [-0.2, -0.15) is 0 Å². The first-order valence-electron chi connectivity index (χ1n) is 9.40. The molecule has 0 aromatic heterocycles. The van der Waals surface area contributed by atoms with Gasteiger partial charge < -0.3 is 9.47 Å². The molecule has 3 aromatic carbocycles. The number of nitrogens with zero attached hydrogens (tertiary/aromatic N) is 1. The van der Waals surface area contributed by atoms with Gasteiger partial charge in [0, 0.05) is 5.56 Å². The van der Waals surface area contributed by atoms with E-state index in [9.17, 15) is 14.0 Å². The van der Waals surface area contributed by atoms with Crippen molar-refractivity contribution in [3.05, 3.63) is 71.5 Å². The van der Waals surface area contributed by atoms with E-state index < -0.39 is 5.25 Å². The molecule has 5 nitrogen and oxygen atoms in total. The summed E-state index contributed by atoms with van der Waals surface area (Å²) in [5.41, 5.74) is 1.56. The molecule has 1 fully saturated rings. The minimum Gasteiger partial charge on any atom is -0.497 e. The molecule has 0 N–H and O–H groups in total. The zero-order chi connectivity index (χ0) is 21.3. The molecule has 3 aromatic rings. The van der Waals surface area contributed by atoms with Gasteiger partial charge in [0.15, 0.2) is 0 Å². The maximum absolute atomic E-state index is 13.1. The van der Waals surface area contributed by atoms with Crippen molar-refractivity contribution >= 4 is 33.7 Å². The molecule has 0 unspecified atom stereocenters. The van der Waals surface area contributed by atoms with Crippen molar-refractivity contribution in [2.45, 2.75) is 18.2 Å². The standard InChI is InChI=1S/C23H20FNO4S/c1-28-17-9-5-15-6-10-20(29-2)19(18(15)11-17)12-21-22(26)25(23(27)30-21)13-14-3-7-16(24)8-4-14/h3-11,21H,12-13H2,1-2H3/t21-/m0/s1. The van der Waals surface area contributed by atoms with E-state index in [1.807, 2.05) is 30.3 Å². The predicted molar refractivity (Wildman–Crippen MR) is 114 cm³/mol. The number of rotatable bonds is 6. The molecule has 0 saturated carbocycles. The van der Waals surface area contributed by atoms with E-state index in [4.69, 9.17) is 9.47 Å². The number of fused-ring (bicyclic) bond motifs is 1. The monoisotopic (exact) mass is 425 g/mol. The highest BCUT2D eigenvalue weighted by molar-refractivity contribution is 8.15. The third kappa shape index (κ3) is 3.85. The molecule has 0 spiro atoms. The Morgan fingerprint density at radius 2 is 1.73 bits per heavy atom. The second-order valence-corrected chi connectivity index (χ2v) is 8.11. The number of hydrogen-bond acceptors (Lipinski definition) is 5. The number of thioether (sulfide) groups is 1. The Hall–Kier alpha value is -3.06. The van der Waals surface area contributed by atoms with Crippen LogP contribution in [-0.4, -0.2) is 35.5 Å². The number of imide groups is 1. The van der Waals surface area contributed by atoms with Crippen molar-refractivity contribution in [3.63, 3.8) is 0 Å². The van der Waals surface area contributed by atoms with E-state index in [1.54, 1.807) is 26.4 Å². The van der Waals surface area contributed by atoms with E-state index >= 15 is 0 Å². The lowest BCUT2D eigenvalue weighted by Gasteiger charge is -2.16. The van der Waals surface area contributed by atoms with E-state index in [0.29, 0.717) is 23.5 Å². The third-order valence-corrected chi connectivity index (χ3v) is 6.24. The molecule has 1 aliphatic rings. The molecule has 0 bridgehead atoms. The fourth-order valence-corrected chi connectivity index (χ4v) is 4.60. The van der Waals surface area contributed by atoms with Crippen LogP contribution in [0.5, 0.6) is 11.5 Å². The van der Waals surface area contributed by atoms with E-state index in [0.717, 1.165) is 28.1 Å². The number of ether oxygens (including phenoxy) is 2.